The minimum absolute atomic E-state index is 0.407. The maximum absolute atomic E-state index is 6.25. The summed E-state index contributed by atoms with van der Waals surface area (Å²) in [7, 11) is 0.677. The zero-order chi connectivity index (χ0) is 15.3. The van der Waals surface area contributed by atoms with Crippen LogP contribution in [0.3, 0.4) is 0 Å². The number of benzene rings is 3. The van der Waals surface area contributed by atoms with Crippen molar-refractivity contribution in [1.29, 1.82) is 0 Å². The van der Waals surface area contributed by atoms with Gasteiger partial charge in [0.05, 0.1) is 0 Å². The fourth-order valence-electron chi connectivity index (χ4n) is 2.98. The minimum Gasteiger partial charge on any atom is -0.414 e. The van der Waals surface area contributed by atoms with Crippen molar-refractivity contribution in [2.75, 3.05) is 0 Å². The molecule has 0 aliphatic carbocycles. The van der Waals surface area contributed by atoms with Gasteiger partial charge < -0.3 is 4.43 Å². The van der Waals surface area contributed by atoms with E-state index in [9.17, 15) is 0 Å². The van der Waals surface area contributed by atoms with Gasteiger partial charge in [0.25, 0.3) is 0 Å². The van der Waals surface area contributed by atoms with E-state index in [0.29, 0.717) is 10.5 Å². The molecular weight excluding hydrogens is 284 g/mol. The summed E-state index contributed by atoms with van der Waals surface area (Å²) in [6.45, 7) is 0. The maximum Gasteiger partial charge on any atom is 0.147 e. The Morgan fingerprint density at radius 1 is 0.636 bits per heavy atom. The van der Waals surface area contributed by atoms with Crippen LogP contribution in [0.5, 0.6) is 0 Å². The molecule has 1 nitrogen and oxygen atoms in total. The predicted molar refractivity (Wildman–Crippen MR) is 94.8 cm³/mol. The Bertz CT molecular complexity index is 656. The molecule has 0 saturated carbocycles. The molecule has 0 N–H and O–H groups in total. The van der Waals surface area contributed by atoms with Gasteiger partial charge >= 0.3 is 0 Å². The van der Waals surface area contributed by atoms with E-state index >= 15 is 0 Å². The molecule has 110 valence electrons. The predicted octanol–water partition coefficient (Wildman–Crippen LogP) is 3.47. The molecule has 22 heavy (non-hydrogen) atoms. The van der Waals surface area contributed by atoms with Crippen LogP contribution in [0.2, 0.25) is 0 Å². The van der Waals surface area contributed by atoms with Gasteiger partial charge in [0.1, 0.15) is 16.1 Å². The molecule has 0 unspecified atom stereocenters. The highest BCUT2D eigenvalue weighted by atomic mass is 28.2. The molecule has 3 rings (SSSR count). The van der Waals surface area contributed by atoms with Crippen LogP contribution in [0.4, 0.5) is 0 Å². The Kier molecular flexibility index (Phi) is 4.52. The summed E-state index contributed by atoms with van der Waals surface area (Å²) in [6, 6.07) is 31.6. The van der Waals surface area contributed by atoms with Gasteiger partial charge in [-0.05, 0) is 16.7 Å². The summed E-state index contributed by atoms with van der Waals surface area (Å²) >= 11 is 0. The first kappa shape index (κ1) is 14.8. The lowest BCUT2D eigenvalue weighted by molar-refractivity contribution is 0.125. The van der Waals surface area contributed by atoms with E-state index in [0.717, 1.165) is 6.42 Å². The van der Waals surface area contributed by atoms with Crippen LogP contribution in [-0.2, 0) is 16.4 Å². The van der Waals surface area contributed by atoms with Gasteiger partial charge in [-0.3, -0.25) is 0 Å². The molecule has 0 aliphatic heterocycles. The van der Waals surface area contributed by atoms with Crippen molar-refractivity contribution < 1.29 is 4.43 Å². The fourth-order valence-corrected chi connectivity index (χ4v) is 3.59. The molecule has 0 heterocycles. The van der Waals surface area contributed by atoms with Crippen molar-refractivity contribution in [3.05, 3.63) is 108 Å². The third-order valence-corrected chi connectivity index (χ3v) is 4.82. The summed E-state index contributed by atoms with van der Waals surface area (Å²) in [5.41, 5.74) is 3.29. The molecule has 0 saturated heterocycles. The first-order chi connectivity index (χ1) is 10.8. The van der Waals surface area contributed by atoms with E-state index in [1.807, 2.05) is 0 Å². The molecular formula is C20H20OSi. The van der Waals surface area contributed by atoms with Gasteiger partial charge in [-0.2, -0.15) is 0 Å². The van der Waals surface area contributed by atoms with Crippen LogP contribution < -0.4 is 0 Å². The second-order valence-corrected chi connectivity index (χ2v) is 5.83. The summed E-state index contributed by atoms with van der Waals surface area (Å²) in [5, 5.41) is 0. The topological polar surface area (TPSA) is 9.23 Å². The van der Waals surface area contributed by atoms with Crippen LogP contribution in [0.15, 0.2) is 91.0 Å². The quantitative estimate of drug-likeness (QED) is 0.656. The van der Waals surface area contributed by atoms with Crippen LogP contribution in [0.1, 0.15) is 16.7 Å². The summed E-state index contributed by atoms with van der Waals surface area (Å²) < 4.78 is 6.25. The van der Waals surface area contributed by atoms with E-state index in [1.165, 1.54) is 16.7 Å². The Hall–Kier alpha value is -2.16. The van der Waals surface area contributed by atoms with E-state index in [1.54, 1.807) is 0 Å². The van der Waals surface area contributed by atoms with Crippen molar-refractivity contribution in [3.63, 3.8) is 0 Å². The Morgan fingerprint density at radius 2 is 1.05 bits per heavy atom. The van der Waals surface area contributed by atoms with Crippen LogP contribution in [-0.4, -0.2) is 10.5 Å². The SMILES string of the molecule is [SiH3]OC(Cc1ccccc1)(c1ccccc1)c1ccccc1. The van der Waals surface area contributed by atoms with Crippen molar-refractivity contribution in [2.45, 2.75) is 12.0 Å². The van der Waals surface area contributed by atoms with Gasteiger partial charge in [0.2, 0.25) is 0 Å². The molecule has 0 atom stereocenters. The van der Waals surface area contributed by atoms with E-state index in [4.69, 9.17) is 4.43 Å². The molecule has 0 fully saturated rings. The third kappa shape index (κ3) is 2.89. The van der Waals surface area contributed by atoms with Crippen LogP contribution in [0.25, 0.3) is 0 Å². The minimum atomic E-state index is -0.407. The van der Waals surface area contributed by atoms with Gasteiger partial charge in [-0.15, -0.1) is 0 Å². The highest BCUT2D eigenvalue weighted by molar-refractivity contribution is 5.98. The van der Waals surface area contributed by atoms with E-state index < -0.39 is 5.60 Å². The lowest BCUT2D eigenvalue weighted by Gasteiger charge is -2.35. The Labute approximate surface area is 135 Å². The molecule has 3 aromatic carbocycles. The summed E-state index contributed by atoms with van der Waals surface area (Å²) in [6.07, 6.45) is 0.839. The normalized spacial score (nSPS) is 11.5. The van der Waals surface area contributed by atoms with Crippen molar-refractivity contribution in [3.8, 4) is 0 Å². The lowest BCUT2D eigenvalue weighted by atomic mass is 9.81. The molecule has 3 aromatic rings. The average molecular weight is 304 g/mol. The monoisotopic (exact) mass is 304 g/mol. The summed E-state index contributed by atoms with van der Waals surface area (Å²) in [5.74, 6) is 0. The zero-order valence-electron chi connectivity index (χ0n) is 12.8. The Balaban J connectivity index is 2.13. The van der Waals surface area contributed by atoms with Gasteiger partial charge in [0, 0.05) is 6.42 Å². The fraction of sp³-hybridized carbons (Fsp3) is 0.100. The lowest BCUT2D eigenvalue weighted by Crippen LogP contribution is -2.33. The second-order valence-electron chi connectivity index (χ2n) is 5.43. The highest BCUT2D eigenvalue weighted by Crippen LogP contribution is 2.36. The number of hydrogen-bond acceptors (Lipinski definition) is 1. The Morgan fingerprint density at radius 3 is 1.45 bits per heavy atom. The van der Waals surface area contributed by atoms with Crippen molar-refractivity contribution >= 4 is 10.5 Å². The number of rotatable bonds is 5. The van der Waals surface area contributed by atoms with Crippen LogP contribution >= 0.6 is 0 Å². The smallest absolute Gasteiger partial charge is 0.147 e. The van der Waals surface area contributed by atoms with Crippen LogP contribution in [0, 0.1) is 0 Å². The zero-order valence-corrected chi connectivity index (χ0v) is 14.8. The van der Waals surface area contributed by atoms with E-state index in [-0.39, 0.29) is 0 Å². The van der Waals surface area contributed by atoms with Gasteiger partial charge in [-0.25, -0.2) is 0 Å². The molecule has 0 radical (unpaired) electrons. The largest absolute Gasteiger partial charge is 0.414 e. The molecule has 2 heteroatoms. The van der Waals surface area contributed by atoms with Crippen molar-refractivity contribution in [1.82, 2.24) is 0 Å². The second kappa shape index (κ2) is 6.73. The standard InChI is InChI=1S/C20H20OSi/c22-21-20(18-12-6-2-7-13-18,19-14-8-3-9-15-19)16-17-10-4-1-5-11-17/h1-15H,16H2,22H3. The van der Waals surface area contributed by atoms with E-state index in [2.05, 4.69) is 91.0 Å². The van der Waals surface area contributed by atoms with Crippen molar-refractivity contribution in [2.24, 2.45) is 0 Å². The molecule has 0 amide bonds. The molecule has 0 aliphatic rings. The summed E-state index contributed by atoms with van der Waals surface area (Å²) in [4.78, 5) is 0. The van der Waals surface area contributed by atoms with Gasteiger partial charge in [-0.1, -0.05) is 91.0 Å². The first-order valence-corrected chi connectivity index (χ1v) is 8.37. The molecule has 0 bridgehead atoms. The maximum atomic E-state index is 6.25. The molecule has 0 aromatic heterocycles. The first-order valence-electron chi connectivity index (χ1n) is 7.55. The number of hydrogen-bond donors (Lipinski definition) is 0. The molecule has 0 spiro atoms. The highest BCUT2D eigenvalue weighted by Gasteiger charge is 2.33. The van der Waals surface area contributed by atoms with Gasteiger partial charge in [0.15, 0.2) is 0 Å². The average Bonchev–Trinajstić information content (AvgIpc) is 2.62. The third-order valence-electron chi connectivity index (χ3n) is 4.12.